The zero-order chi connectivity index (χ0) is 16.1. The summed E-state index contributed by atoms with van der Waals surface area (Å²) >= 11 is 5.95. The molecule has 2 aromatic carbocycles. The molecular formula is C18H21ClN2O. The van der Waals surface area contributed by atoms with Crippen molar-refractivity contribution in [3.63, 3.8) is 0 Å². The molecule has 0 bridgehead atoms. The van der Waals surface area contributed by atoms with E-state index < -0.39 is 0 Å². The standard InChI is InChI=1S/C18H21ClN2O/c1-3-4-17(13-5-9-15(19)10-6-13)21(2)18(22)14-7-11-16(20)12-8-14/h5-12,17H,3-4,20H2,1-2H3. The van der Waals surface area contributed by atoms with Crippen molar-refractivity contribution in [2.24, 2.45) is 0 Å². The second-order valence-corrected chi connectivity index (χ2v) is 5.83. The lowest BCUT2D eigenvalue weighted by Crippen LogP contribution is -2.31. The summed E-state index contributed by atoms with van der Waals surface area (Å²) in [6.45, 7) is 2.12. The second kappa shape index (κ2) is 7.32. The zero-order valence-corrected chi connectivity index (χ0v) is 13.7. The van der Waals surface area contributed by atoms with Crippen LogP contribution in [0.2, 0.25) is 5.02 Å². The van der Waals surface area contributed by atoms with Crippen LogP contribution >= 0.6 is 11.6 Å². The van der Waals surface area contributed by atoms with E-state index in [4.69, 9.17) is 17.3 Å². The van der Waals surface area contributed by atoms with Crippen LogP contribution in [0.4, 0.5) is 5.69 Å². The van der Waals surface area contributed by atoms with Crippen LogP contribution in [-0.2, 0) is 0 Å². The normalized spacial score (nSPS) is 12.0. The number of rotatable bonds is 5. The molecule has 0 aromatic heterocycles. The van der Waals surface area contributed by atoms with Crippen molar-refractivity contribution >= 4 is 23.2 Å². The molecule has 1 atom stereocenters. The Hall–Kier alpha value is -2.00. The predicted octanol–water partition coefficient (Wildman–Crippen LogP) is 4.54. The van der Waals surface area contributed by atoms with E-state index in [-0.39, 0.29) is 11.9 Å². The van der Waals surface area contributed by atoms with Crippen LogP contribution in [0.5, 0.6) is 0 Å². The van der Waals surface area contributed by atoms with Gasteiger partial charge >= 0.3 is 0 Å². The van der Waals surface area contributed by atoms with Gasteiger partial charge in [0.25, 0.3) is 5.91 Å². The van der Waals surface area contributed by atoms with Gasteiger partial charge in [0.05, 0.1) is 6.04 Å². The Labute approximate surface area is 136 Å². The van der Waals surface area contributed by atoms with Gasteiger partial charge in [-0.1, -0.05) is 37.1 Å². The van der Waals surface area contributed by atoms with Gasteiger partial charge in [0.2, 0.25) is 0 Å². The Bertz CT molecular complexity index is 623. The van der Waals surface area contributed by atoms with E-state index in [1.54, 1.807) is 29.2 Å². The molecule has 0 heterocycles. The highest BCUT2D eigenvalue weighted by Gasteiger charge is 2.22. The summed E-state index contributed by atoms with van der Waals surface area (Å²) in [4.78, 5) is 14.5. The number of carbonyl (C=O) groups is 1. The first kappa shape index (κ1) is 16.4. The van der Waals surface area contributed by atoms with Gasteiger partial charge in [-0.2, -0.15) is 0 Å². The summed E-state index contributed by atoms with van der Waals surface area (Å²) in [5, 5.41) is 0.700. The van der Waals surface area contributed by atoms with E-state index in [0.29, 0.717) is 16.3 Å². The summed E-state index contributed by atoms with van der Waals surface area (Å²) in [5.41, 5.74) is 8.07. The molecule has 4 heteroatoms. The number of benzene rings is 2. The molecule has 0 fully saturated rings. The molecule has 0 aliphatic carbocycles. The van der Waals surface area contributed by atoms with Crippen LogP contribution in [0.15, 0.2) is 48.5 Å². The third kappa shape index (κ3) is 3.80. The first-order valence-electron chi connectivity index (χ1n) is 7.41. The Kier molecular flexibility index (Phi) is 5.45. The third-order valence-corrected chi connectivity index (χ3v) is 4.01. The number of carbonyl (C=O) groups excluding carboxylic acids is 1. The molecule has 116 valence electrons. The molecule has 0 aliphatic rings. The predicted molar refractivity (Wildman–Crippen MR) is 92.0 cm³/mol. The maximum Gasteiger partial charge on any atom is 0.254 e. The van der Waals surface area contributed by atoms with Crippen LogP contribution in [0.1, 0.15) is 41.7 Å². The number of nitrogens with two attached hydrogens (primary N) is 1. The second-order valence-electron chi connectivity index (χ2n) is 5.39. The summed E-state index contributed by atoms with van der Waals surface area (Å²) in [6.07, 6.45) is 1.89. The lowest BCUT2D eigenvalue weighted by Gasteiger charge is -2.28. The van der Waals surface area contributed by atoms with E-state index in [1.807, 2.05) is 31.3 Å². The molecule has 0 radical (unpaired) electrons. The summed E-state index contributed by atoms with van der Waals surface area (Å²) in [7, 11) is 1.84. The van der Waals surface area contributed by atoms with E-state index in [2.05, 4.69) is 6.92 Å². The van der Waals surface area contributed by atoms with Crippen molar-refractivity contribution in [2.75, 3.05) is 12.8 Å². The molecule has 2 aromatic rings. The monoisotopic (exact) mass is 316 g/mol. The van der Waals surface area contributed by atoms with E-state index in [0.717, 1.165) is 18.4 Å². The minimum Gasteiger partial charge on any atom is -0.399 e. The van der Waals surface area contributed by atoms with E-state index >= 15 is 0 Å². The summed E-state index contributed by atoms with van der Waals surface area (Å²) in [5.74, 6) is -0.00611. The number of halogens is 1. The molecule has 0 spiro atoms. The quantitative estimate of drug-likeness (QED) is 0.823. The number of hydrogen-bond acceptors (Lipinski definition) is 2. The topological polar surface area (TPSA) is 46.3 Å². The fraction of sp³-hybridized carbons (Fsp3) is 0.278. The average Bonchev–Trinajstić information content (AvgIpc) is 2.53. The highest BCUT2D eigenvalue weighted by molar-refractivity contribution is 6.30. The molecular weight excluding hydrogens is 296 g/mol. The highest BCUT2D eigenvalue weighted by Crippen LogP contribution is 2.27. The van der Waals surface area contributed by atoms with Crippen molar-refractivity contribution in [2.45, 2.75) is 25.8 Å². The molecule has 0 saturated carbocycles. The Morgan fingerprint density at radius 1 is 1.14 bits per heavy atom. The smallest absolute Gasteiger partial charge is 0.254 e. The van der Waals surface area contributed by atoms with Gasteiger partial charge < -0.3 is 10.6 Å². The van der Waals surface area contributed by atoms with Crippen molar-refractivity contribution in [3.05, 3.63) is 64.7 Å². The minimum absolute atomic E-state index is 0.00611. The molecule has 0 saturated heterocycles. The van der Waals surface area contributed by atoms with Gasteiger partial charge in [-0.05, 0) is 48.4 Å². The van der Waals surface area contributed by atoms with Crippen molar-refractivity contribution in [1.82, 2.24) is 4.90 Å². The van der Waals surface area contributed by atoms with Crippen LogP contribution < -0.4 is 5.73 Å². The first-order valence-corrected chi connectivity index (χ1v) is 7.79. The number of hydrogen-bond donors (Lipinski definition) is 1. The Balaban J connectivity index is 2.25. The number of amides is 1. The number of nitrogen functional groups attached to an aromatic ring is 1. The minimum atomic E-state index is -0.00611. The van der Waals surface area contributed by atoms with Crippen molar-refractivity contribution < 1.29 is 4.79 Å². The third-order valence-electron chi connectivity index (χ3n) is 3.76. The van der Waals surface area contributed by atoms with Crippen LogP contribution in [0.25, 0.3) is 0 Å². The van der Waals surface area contributed by atoms with Gasteiger partial charge in [-0.15, -0.1) is 0 Å². The number of nitrogens with zero attached hydrogens (tertiary/aromatic N) is 1. The fourth-order valence-corrected chi connectivity index (χ4v) is 2.64. The maximum atomic E-state index is 12.7. The van der Waals surface area contributed by atoms with Gasteiger partial charge in [-0.25, -0.2) is 0 Å². The van der Waals surface area contributed by atoms with Gasteiger partial charge in [-0.3, -0.25) is 4.79 Å². The maximum absolute atomic E-state index is 12.7. The van der Waals surface area contributed by atoms with Crippen LogP contribution in [0, 0.1) is 0 Å². The Morgan fingerprint density at radius 2 is 1.73 bits per heavy atom. The molecule has 3 nitrogen and oxygen atoms in total. The summed E-state index contributed by atoms with van der Waals surface area (Å²) < 4.78 is 0. The fourth-order valence-electron chi connectivity index (χ4n) is 2.51. The van der Waals surface area contributed by atoms with Crippen molar-refractivity contribution in [3.8, 4) is 0 Å². The van der Waals surface area contributed by atoms with Crippen LogP contribution in [-0.4, -0.2) is 17.9 Å². The largest absolute Gasteiger partial charge is 0.399 e. The molecule has 22 heavy (non-hydrogen) atoms. The first-order chi connectivity index (χ1) is 10.5. The average molecular weight is 317 g/mol. The lowest BCUT2D eigenvalue weighted by atomic mass is 10.00. The SMILES string of the molecule is CCCC(c1ccc(Cl)cc1)N(C)C(=O)c1ccc(N)cc1. The summed E-state index contributed by atoms with van der Waals surface area (Å²) in [6, 6.07) is 14.7. The lowest BCUT2D eigenvalue weighted by molar-refractivity contribution is 0.0722. The molecule has 0 aliphatic heterocycles. The molecule has 1 amide bonds. The van der Waals surface area contributed by atoms with Gasteiger partial charge in [0.15, 0.2) is 0 Å². The number of anilines is 1. The van der Waals surface area contributed by atoms with Gasteiger partial charge in [0, 0.05) is 23.3 Å². The molecule has 1 unspecified atom stereocenters. The van der Waals surface area contributed by atoms with Crippen LogP contribution in [0.3, 0.4) is 0 Å². The Morgan fingerprint density at radius 3 is 2.27 bits per heavy atom. The van der Waals surface area contributed by atoms with E-state index in [9.17, 15) is 4.79 Å². The van der Waals surface area contributed by atoms with E-state index in [1.165, 1.54) is 0 Å². The highest BCUT2D eigenvalue weighted by atomic mass is 35.5. The van der Waals surface area contributed by atoms with Gasteiger partial charge in [0.1, 0.15) is 0 Å². The molecule has 2 rings (SSSR count). The van der Waals surface area contributed by atoms with Crippen molar-refractivity contribution in [1.29, 1.82) is 0 Å². The molecule has 2 N–H and O–H groups in total. The zero-order valence-electron chi connectivity index (χ0n) is 12.9.